The number of rotatable bonds is 4. The molecule has 0 saturated carbocycles. The van der Waals surface area contributed by atoms with Crippen molar-refractivity contribution in [3.63, 3.8) is 0 Å². The molecule has 10 heavy (non-hydrogen) atoms. The number of hydrogen-bond donors (Lipinski definition) is 2. The predicted molar refractivity (Wildman–Crippen MR) is 36.3 cm³/mol. The van der Waals surface area contributed by atoms with Crippen LogP contribution in [0.2, 0.25) is 0 Å². The Kier molecular flexibility index (Phi) is 4.66. The van der Waals surface area contributed by atoms with Crippen LogP contribution < -0.4 is 0 Å². The third-order valence-electron chi connectivity index (χ3n) is 1.19. The molecule has 0 saturated heterocycles. The second kappa shape index (κ2) is 5.05. The Balaban J connectivity index is 3.60. The average molecular weight is 145 g/mol. The minimum atomic E-state index is -0.930. The summed E-state index contributed by atoms with van der Waals surface area (Å²) in [6.45, 7) is 1.68. The van der Waals surface area contributed by atoms with E-state index in [1.165, 1.54) is 0 Å². The Hall–Kier alpha value is -0.770. The maximum absolute atomic E-state index is 8.93. The maximum atomic E-state index is 8.93. The van der Waals surface area contributed by atoms with Crippen LogP contribution in [0.4, 0.5) is 0 Å². The summed E-state index contributed by atoms with van der Waals surface area (Å²) in [5.41, 5.74) is 7.84. The normalized spacial score (nSPS) is 15.5. The lowest BCUT2D eigenvalue weighted by molar-refractivity contribution is 0.0234. The van der Waals surface area contributed by atoms with Crippen molar-refractivity contribution in [2.45, 2.75) is 25.6 Å². The Morgan fingerprint density at radius 2 is 2.10 bits per heavy atom. The zero-order valence-electron chi connectivity index (χ0n) is 5.80. The molecule has 2 atom stereocenters. The van der Waals surface area contributed by atoms with E-state index in [4.69, 9.17) is 15.7 Å². The molecule has 0 aliphatic rings. The summed E-state index contributed by atoms with van der Waals surface area (Å²) in [4.78, 5) is 2.45. The molecule has 0 fully saturated rings. The van der Waals surface area contributed by atoms with Gasteiger partial charge in [0, 0.05) is 4.91 Å². The molecule has 5 nitrogen and oxygen atoms in total. The first-order chi connectivity index (χ1) is 4.72. The molecule has 0 bridgehead atoms. The smallest absolute Gasteiger partial charge is 0.0855 e. The molecule has 0 aromatic carbocycles. The van der Waals surface area contributed by atoms with Gasteiger partial charge in [-0.2, -0.15) is 0 Å². The van der Waals surface area contributed by atoms with Crippen LogP contribution >= 0.6 is 0 Å². The van der Waals surface area contributed by atoms with Crippen LogP contribution in [0, 0.1) is 0 Å². The standard InChI is InChI=1S/C5H11N3O2/c1-2-4(9)5(10)3-7-8-6/h4-5,9-10H,2-3H2,1H3/t4-,5-/m0/s1. The minimum Gasteiger partial charge on any atom is -0.390 e. The van der Waals surface area contributed by atoms with Crippen molar-refractivity contribution < 1.29 is 10.2 Å². The fourth-order valence-corrected chi connectivity index (χ4v) is 0.514. The lowest BCUT2D eigenvalue weighted by Gasteiger charge is -2.12. The van der Waals surface area contributed by atoms with E-state index in [-0.39, 0.29) is 6.54 Å². The van der Waals surface area contributed by atoms with Gasteiger partial charge in [0.05, 0.1) is 18.8 Å². The van der Waals surface area contributed by atoms with Gasteiger partial charge in [0.25, 0.3) is 0 Å². The highest BCUT2D eigenvalue weighted by atomic mass is 16.3. The van der Waals surface area contributed by atoms with Gasteiger partial charge in [-0.25, -0.2) is 0 Å². The van der Waals surface area contributed by atoms with Gasteiger partial charge in [-0.3, -0.25) is 0 Å². The van der Waals surface area contributed by atoms with Crippen molar-refractivity contribution in [1.29, 1.82) is 0 Å². The maximum Gasteiger partial charge on any atom is 0.0855 e. The van der Waals surface area contributed by atoms with Crippen LogP contribution in [0.15, 0.2) is 5.11 Å². The van der Waals surface area contributed by atoms with Crippen molar-refractivity contribution in [3.05, 3.63) is 10.4 Å². The largest absolute Gasteiger partial charge is 0.390 e. The fraction of sp³-hybridized carbons (Fsp3) is 1.00. The second-order valence-electron chi connectivity index (χ2n) is 1.96. The Morgan fingerprint density at radius 3 is 2.50 bits per heavy atom. The summed E-state index contributed by atoms with van der Waals surface area (Å²) in [5.74, 6) is 0. The molecule has 0 radical (unpaired) electrons. The van der Waals surface area contributed by atoms with Gasteiger partial charge in [-0.05, 0) is 12.0 Å². The van der Waals surface area contributed by atoms with E-state index in [1.807, 2.05) is 0 Å². The summed E-state index contributed by atoms with van der Waals surface area (Å²) >= 11 is 0. The van der Waals surface area contributed by atoms with E-state index >= 15 is 0 Å². The van der Waals surface area contributed by atoms with Gasteiger partial charge in [-0.15, -0.1) is 0 Å². The van der Waals surface area contributed by atoms with Gasteiger partial charge >= 0.3 is 0 Å². The molecule has 0 rings (SSSR count). The van der Waals surface area contributed by atoms with E-state index in [2.05, 4.69) is 10.0 Å². The highest BCUT2D eigenvalue weighted by Gasteiger charge is 2.11. The molecule has 0 spiro atoms. The lowest BCUT2D eigenvalue weighted by Crippen LogP contribution is -2.27. The number of aliphatic hydroxyl groups excluding tert-OH is 2. The molecule has 0 aliphatic carbocycles. The van der Waals surface area contributed by atoms with E-state index in [1.54, 1.807) is 6.92 Å². The minimum absolute atomic E-state index is 0.0640. The number of nitrogens with zero attached hydrogens (tertiary/aromatic N) is 3. The molecule has 58 valence electrons. The molecule has 0 amide bonds. The molecule has 0 aliphatic heterocycles. The SMILES string of the molecule is CC[C@H](O)[C@@H](O)CN=[N+]=[N-]. The van der Waals surface area contributed by atoms with Crippen LogP contribution in [0.1, 0.15) is 13.3 Å². The lowest BCUT2D eigenvalue weighted by atomic mass is 10.1. The third-order valence-corrected chi connectivity index (χ3v) is 1.19. The quantitative estimate of drug-likeness (QED) is 0.341. The number of azide groups is 1. The first-order valence-electron chi connectivity index (χ1n) is 3.09. The summed E-state index contributed by atoms with van der Waals surface area (Å²) in [5, 5.41) is 21.0. The average Bonchev–Trinajstić information content (AvgIpc) is 1.98. The zero-order valence-corrected chi connectivity index (χ0v) is 5.80. The summed E-state index contributed by atoms with van der Waals surface area (Å²) < 4.78 is 0. The molecule has 5 heteroatoms. The molecule has 0 aromatic heterocycles. The highest BCUT2D eigenvalue weighted by Crippen LogP contribution is 1.97. The number of aliphatic hydroxyl groups is 2. The molecular weight excluding hydrogens is 134 g/mol. The first-order valence-corrected chi connectivity index (χ1v) is 3.09. The van der Waals surface area contributed by atoms with Gasteiger partial charge in [-0.1, -0.05) is 12.0 Å². The third kappa shape index (κ3) is 3.29. The van der Waals surface area contributed by atoms with Gasteiger partial charge < -0.3 is 10.2 Å². The van der Waals surface area contributed by atoms with Crippen molar-refractivity contribution in [2.75, 3.05) is 6.54 Å². The van der Waals surface area contributed by atoms with Crippen molar-refractivity contribution in [3.8, 4) is 0 Å². The monoisotopic (exact) mass is 145 g/mol. The molecule has 0 heterocycles. The van der Waals surface area contributed by atoms with Gasteiger partial charge in [0.2, 0.25) is 0 Å². The Labute approximate surface area is 58.9 Å². The second-order valence-corrected chi connectivity index (χ2v) is 1.96. The van der Waals surface area contributed by atoms with E-state index < -0.39 is 12.2 Å². The fourth-order valence-electron chi connectivity index (χ4n) is 0.514. The van der Waals surface area contributed by atoms with Crippen LogP contribution in [-0.2, 0) is 0 Å². The van der Waals surface area contributed by atoms with Gasteiger partial charge in [0.15, 0.2) is 0 Å². The topological polar surface area (TPSA) is 89.2 Å². The molecule has 0 unspecified atom stereocenters. The van der Waals surface area contributed by atoms with Crippen LogP contribution in [0.25, 0.3) is 10.4 Å². The molecular formula is C5H11N3O2. The van der Waals surface area contributed by atoms with Gasteiger partial charge in [0.1, 0.15) is 0 Å². The summed E-state index contributed by atoms with van der Waals surface area (Å²) in [7, 11) is 0. The number of hydrogen-bond acceptors (Lipinski definition) is 3. The van der Waals surface area contributed by atoms with Crippen molar-refractivity contribution in [1.82, 2.24) is 0 Å². The molecule has 2 N–H and O–H groups in total. The Morgan fingerprint density at radius 1 is 1.50 bits per heavy atom. The first kappa shape index (κ1) is 9.23. The van der Waals surface area contributed by atoms with E-state index in [9.17, 15) is 0 Å². The zero-order chi connectivity index (χ0) is 7.98. The van der Waals surface area contributed by atoms with Crippen LogP contribution in [-0.4, -0.2) is 29.0 Å². The summed E-state index contributed by atoms with van der Waals surface area (Å²) in [6.07, 6.45) is -1.26. The van der Waals surface area contributed by atoms with Crippen molar-refractivity contribution in [2.24, 2.45) is 5.11 Å². The van der Waals surface area contributed by atoms with E-state index in [0.29, 0.717) is 6.42 Å². The van der Waals surface area contributed by atoms with E-state index in [0.717, 1.165) is 0 Å². The summed E-state index contributed by atoms with van der Waals surface area (Å²) in [6, 6.07) is 0. The Bertz CT molecular complexity index is 133. The highest BCUT2D eigenvalue weighted by molar-refractivity contribution is 4.67. The van der Waals surface area contributed by atoms with Crippen molar-refractivity contribution >= 4 is 0 Å². The molecule has 0 aromatic rings. The van der Waals surface area contributed by atoms with Crippen LogP contribution in [0.3, 0.4) is 0 Å². The predicted octanol–water partition coefficient (Wildman–Crippen LogP) is 0.428. The van der Waals surface area contributed by atoms with Crippen LogP contribution in [0.5, 0.6) is 0 Å².